The number of nitrogens with one attached hydrogen (secondary N) is 1. The number of carbonyl (C=O) groups excluding carboxylic acids is 2. The van der Waals surface area contributed by atoms with Crippen molar-refractivity contribution >= 4 is 39.4 Å². The molecule has 2 aromatic carbocycles. The number of hydrogen-bond acceptors (Lipinski definition) is 5. The molecule has 2 atom stereocenters. The van der Waals surface area contributed by atoms with Crippen LogP contribution in [0.5, 0.6) is 0 Å². The highest BCUT2D eigenvalue weighted by Gasteiger charge is 2.39. The predicted molar refractivity (Wildman–Crippen MR) is 148 cm³/mol. The molecule has 2 amide bonds. The van der Waals surface area contributed by atoms with Gasteiger partial charge in [0.1, 0.15) is 16.6 Å². The molecule has 0 aromatic heterocycles. The fourth-order valence-corrected chi connectivity index (χ4v) is 6.19. The Bertz CT molecular complexity index is 1220. The molecular weight excluding hydrogens is 488 g/mol. The molecule has 2 heterocycles. The molecule has 1 saturated heterocycles. The molecule has 0 aliphatic carbocycles. The van der Waals surface area contributed by atoms with Crippen molar-refractivity contribution in [1.29, 1.82) is 0 Å². The van der Waals surface area contributed by atoms with Crippen LogP contribution in [0.15, 0.2) is 35.2 Å². The average molecular weight is 529 g/mol. The molecule has 202 valence electrons. The monoisotopic (exact) mass is 528 g/mol. The van der Waals surface area contributed by atoms with E-state index in [-0.39, 0.29) is 23.5 Å². The van der Waals surface area contributed by atoms with Gasteiger partial charge in [-0.05, 0) is 51.3 Å². The number of benzene rings is 2. The summed E-state index contributed by atoms with van der Waals surface area (Å²) in [5.74, 6) is -0.00193. The minimum absolute atomic E-state index is 0.00193. The van der Waals surface area contributed by atoms with Crippen molar-refractivity contribution in [2.45, 2.75) is 65.0 Å². The van der Waals surface area contributed by atoms with Gasteiger partial charge in [0.2, 0.25) is 0 Å². The molecule has 37 heavy (non-hydrogen) atoms. The van der Waals surface area contributed by atoms with Crippen LogP contribution < -0.4 is 9.62 Å². The zero-order valence-corrected chi connectivity index (χ0v) is 23.9. The maximum absolute atomic E-state index is 13.3. The average Bonchev–Trinajstić information content (AvgIpc) is 3.09. The first kappa shape index (κ1) is 27.5. The van der Waals surface area contributed by atoms with Crippen molar-refractivity contribution in [3.05, 3.63) is 35.9 Å². The Kier molecular flexibility index (Phi) is 7.70. The number of hydrogen-bond donors (Lipinski definition) is 1. The number of amides is 2. The number of rotatable bonds is 6. The lowest BCUT2D eigenvalue weighted by Gasteiger charge is -2.47. The van der Waals surface area contributed by atoms with E-state index in [0.717, 1.165) is 29.5 Å². The Morgan fingerprint density at radius 3 is 2.49 bits per heavy atom. The molecule has 9 heteroatoms. The Balaban J connectivity index is 1.41. The minimum atomic E-state index is -1.42. The summed E-state index contributed by atoms with van der Waals surface area (Å²) in [4.78, 5) is 32.3. The third kappa shape index (κ3) is 5.68. The van der Waals surface area contributed by atoms with Crippen molar-refractivity contribution in [3.8, 4) is 0 Å². The summed E-state index contributed by atoms with van der Waals surface area (Å²) in [5.41, 5.74) is 0.912. The van der Waals surface area contributed by atoms with E-state index in [1.54, 1.807) is 4.90 Å². The summed E-state index contributed by atoms with van der Waals surface area (Å²) in [7, 11) is -1.42. The highest BCUT2D eigenvalue weighted by molar-refractivity contribution is 7.83. The fourth-order valence-electron chi connectivity index (χ4n) is 5.19. The van der Waals surface area contributed by atoms with Gasteiger partial charge < -0.3 is 14.5 Å². The van der Waals surface area contributed by atoms with Gasteiger partial charge in [0.05, 0.1) is 16.6 Å². The summed E-state index contributed by atoms with van der Waals surface area (Å²) in [6.45, 7) is 18.0. The van der Waals surface area contributed by atoms with Crippen LogP contribution in [0.25, 0.3) is 10.8 Å². The fraction of sp³-hybridized carbons (Fsp3) is 0.571. The quantitative estimate of drug-likeness (QED) is 0.601. The van der Waals surface area contributed by atoms with E-state index < -0.39 is 16.6 Å². The van der Waals surface area contributed by atoms with Crippen LogP contribution in [-0.2, 0) is 15.7 Å². The van der Waals surface area contributed by atoms with E-state index in [0.29, 0.717) is 36.6 Å². The first-order chi connectivity index (χ1) is 17.3. The third-order valence-electron chi connectivity index (χ3n) is 7.01. The minimum Gasteiger partial charge on any atom is -0.444 e. The van der Waals surface area contributed by atoms with Gasteiger partial charge in [0.15, 0.2) is 0 Å². The number of ether oxygens (including phenoxy) is 1. The summed E-state index contributed by atoms with van der Waals surface area (Å²) < 4.78 is 22.1. The van der Waals surface area contributed by atoms with Gasteiger partial charge in [-0.1, -0.05) is 32.9 Å². The molecule has 2 unspecified atom stereocenters. The molecule has 1 N–H and O–H groups in total. The van der Waals surface area contributed by atoms with E-state index >= 15 is 0 Å². The molecule has 2 aromatic rings. The highest BCUT2D eigenvalue weighted by atomic mass is 32.2. The lowest BCUT2D eigenvalue weighted by atomic mass is 9.84. The molecule has 2 aliphatic heterocycles. The van der Waals surface area contributed by atoms with E-state index in [4.69, 9.17) is 4.74 Å². The molecule has 4 rings (SSSR count). The van der Waals surface area contributed by atoms with Crippen LogP contribution in [0.2, 0.25) is 0 Å². The Morgan fingerprint density at radius 2 is 1.84 bits per heavy atom. The van der Waals surface area contributed by atoms with Crippen molar-refractivity contribution < 1.29 is 18.5 Å². The molecule has 0 spiro atoms. The number of piperazine rings is 1. The molecular formula is C28H40N4O4S. The van der Waals surface area contributed by atoms with Crippen molar-refractivity contribution in [1.82, 2.24) is 14.5 Å². The van der Waals surface area contributed by atoms with E-state index in [2.05, 4.69) is 30.4 Å². The van der Waals surface area contributed by atoms with Gasteiger partial charge in [-0.25, -0.2) is 13.7 Å². The van der Waals surface area contributed by atoms with Gasteiger partial charge in [0.25, 0.3) is 5.91 Å². The Labute approximate surface area is 222 Å². The largest absolute Gasteiger partial charge is 0.444 e. The topological polar surface area (TPSA) is 82.2 Å². The van der Waals surface area contributed by atoms with Crippen LogP contribution in [-0.4, -0.2) is 76.9 Å². The lowest BCUT2D eigenvalue weighted by molar-refractivity contribution is -0.0227. The molecule has 0 radical (unpaired) electrons. The zero-order chi connectivity index (χ0) is 27.1. The summed E-state index contributed by atoms with van der Waals surface area (Å²) in [6, 6.07) is 9.41. The van der Waals surface area contributed by atoms with Gasteiger partial charge in [-0.3, -0.25) is 9.69 Å². The van der Waals surface area contributed by atoms with Crippen LogP contribution in [0.1, 0.15) is 58.8 Å². The second-order valence-corrected chi connectivity index (χ2v) is 13.1. The summed E-state index contributed by atoms with van der Waals surface area (Å²) >= 11 is 0. The smallest absolute Gasteiger partial charge is 0.410 e. The maximum Gasteiger partial charge on any atom is 0.410 e. The first-order valence-electron chi connectivity index (χ1n) is 13.1. The molecule has 1 fully saturated rings. The van der Waals surface area contributed by atoms with Crippen LogP contribution >= 0.6 is 0 Å². The third-order valence-corrected chi connectivity index (χ3v) is 8.24. The number of anilines is 1. The first-order valence-corrected chi connectivity index (χ1v) is 14.2. The summed E-state index contributed by atoms with van der Waals surface area (Å²) in [6.07, 6.45) is -0.265. The molecule has 0 saturated carbocycles. The molecule has 2 aliphatic rings. The highest BCUT2D eigenvalue weighted by Crippen LogP contribution is 2.39. The van der Waals surface area contributed by atoms with E-state index in [1.165, 1.54) is 0 Å². The van der Waals surface area contributed by atoms with Gasteiger partial charge in [-0.15, -0.1) is 0 Å². The maximum atomic E-state index is 13.3. The summed E-state index contributed by atoms with van der Waals surface area (Å²) in [5, 5.41) is 1.73. The van der Waals surface area contributed by atoms with Gasteiger partial charge in [-0.2, -0.15) is 0 Å². The Hall–Kier alpha value is -2.49. The van der Waals surface area contributed by atoms with Crippen LogP contribution in [0.4, 0.5) is 10.5 Å². The van der Waals surface area contributed by atoms with Crippen LogP contribution in [0.3, 0.4) is 0 Å². The van der Waals surface area contributed by atoms with Crippen LogP contribution in [0, 0.1) is 5.41 Å². The lowest BCUT2D eigenvalue weighted by Crippen LogP contribution is -2.60. The van der Waals surface area contributed by atoms with Crippen molar-refractivity contribution in [3.63, 3.8) is 0 Å². The second kappa shape index (κ2) is 10.3. The SMILES string of the molecule is CCN1C(=O)c2cccc3c(S(=O)NCCN4CCN(C(=O)OC(C)(C)C)C(C(C)(C)C)C4)ccc1c23. The van der Waals surface area contributed by atoms with E-state index in [9.17, 15) is 13.8 Å². The second-order valence-electron chi connectivity index (χ2n) is 11.9. The zero-order valence-electron chi connectivity index (χ0n) is 23.1. The van der Waals surface area contributed by atoms with E-state index in [1.807, 2.05) is 62.9 Å². The van der Waals surface area contributed by atoms with Gasteiger partial charge >= 0.3 is 6.09 Å². The normalized spacial score (nSPS) is 19.5. The predicted octanol–water partition coefficient (Wildman–Crippen LogP) is 4.40. The molecule has 0 bridgehead atoms. The van der Waals surface area contributed by atoms with Crippen molar-refractivity contribution in [2.24, 2.45) is 5.41 Å². The van der Waals surface area contributed by atoms with Gasteiger partial charge in [0, 0.05) is 55.6 Å². The number of carbonyl (C=O) groups is 2. The Morgan fingerprint density at radius 1 is 1.11 bits per heavy atom. The molecule has 8 nitrogen and oxygen atoms in total. The standard InChI is InChI=1S/C28H40N4O4S/c1-8-31-21-12-13-22(19-10-9-11-20(24(19)21)25(31)33)37(35)29-14-15-30-16-17-32(23(18-30)27(2,3)4)26(34)36-28(5,6)7/h9-13,23,29H,8,14-18H2,1-7H3. The number of nitrogens with zero attached hydrogens (tertiary/aromatic N) is 3. The van der Waals surface area contributed by atoms with Crippen molar-refractivity contribution in [2.75, 3.05) is 44.2 Å².